The minimum Gasteiger partial charge on any atom is -0.477 e. The number of nitrogens with zero attached hydrogens (tertiary/aromatic N) is 2. The largest absolute Gasteiger partial charge is 0.477 e. The van der Waals surface area contributed by atoms with Gasteiger partial charge in [0, 0.05) is 12.6 Å². The molecule has 0 aliphatic carbocycles. The van der Waals surface area contributed by atoms with Gasteiger partial charge in [-0.2, -0.15) is 0 Å². The minimum absolute atomic E-state index is 0.130. The van der Waals surface area contributed by atoms with Gasteiger partial charge < -0.3 is 5.11 Å². The number of carboxylic acids is 1. The predicted molar refractivity (Wildman–Crippen MR) is 69.5 cm³/mol. The molecule has 1 fully saturated rings. The van der Waals surface area contributed by atoms with Crippen molar-refractivity contribution < 1.29 is 9.90 Å². The lowest BCUT2D eigenvalue weighted by molar-refractivity contribution is 0.0689. The van der Waals surface area contributed by atoms with Crippen LogP contribution in [0.15, 0.2) is 18.2 Å². The lowest BCUT2D eigenvalue weighted by Crippen LogP contribution is -2.39. The smallest absolute Gasteiger partial charge is 0.354 e. The average Bonchev–Trinajstić information content (AvgIpc) is 2.33. The summed E-state index contributed by atoms with van der Waals surface area (Å²) in [6.07, 6.45) is 2.42. The summed E-state index contributed by atoms with van der Waals surface area (Å²) in [6.45, 7) is 6.34. The number of likely N-dealkylation sites (tertiary alicyclic amines) is 1. The van der Waals surface area contributed by atoms with Gasteiger partial charge in [-0.05, 0) is 44.4 Å². The van der Waals surface area contributed by atoms with E-state index in [1.54, 1.807) is 6.07 Å². The summed E-state index contributed by atoms with van der Waals surface area (Å²) in [5, 5.41) is 8.93. The Morgan fingerprint density at radius 2 is 2.28 bits per heavy atom. The first-order valence-corrected chi connectivity index (χ1v) is 6.49. The Bertz CT molecular complexity index is 434. The predicted octanol–water partition coefficient (Wildman–Crippen LogP) is 2.40. The van der Waals surface area contributed by atoms with E-state index in [2.05, 4.69) is 23.7 Å². The highest BCUT2D eigenvalue weighted by molar-refractivity contribution is 5.85. The molecule has 1 N–H and O–H groups in total. The van der Waals surface area contributed by atoms with Gasteiger partial charge in [-0.25, -0.2) is 9.78 Å². The molecule has 2 atom stereocenters. The van der Waals surface area contributed by atoms with E-state index < -0.39 is 5.97 Å². The van der Waals surface area contributed by atoms with E-state index in [1.165, 1.54) is 18.9 Å². The summed E-state index contributed by atoms with van der Waals surface area (Å²) in [7, 11) is 0. The molecule has 0 aromatic carbocycles. The lowest BCUT2D eigenvalue weighted by atomic mass is 9.93. The molecule has 2 heterocycles. The zero-order valence-electron chi connectivity index (χ0n) is 11.0. The first-order chi connectivity index (χ1) is 8.56. The lowest BCUT2D eigenvalue weighted by Gasteiger charge is -2.36. The second-order valence-electron chi connectivity index (χ2n) is 5.27. The van der Waals surface area contributed by atoms with Gasteiger partial charge in [0.25, 0.3) is 0 Å². The number of hydrogen-bond acceptors (Lipinski definition) is 3. The van der Waals surface area contributed by atoms with Crippen molar-refractivity contribution in [3.05, 3.63) is 29.6 Å². The molecule has 1 aromatic heterocycles. The molecule has 0 spiro atoms. The highest BCUT2D eigenvalue weighted by atomic mass is 16.4. The molecule has 98 valence electrons. The van der Waals surface area contributed by atoms with Gasteiger partial charge in [0.1, 0.15) is 5.69 Å². The van der Waals surface area contributed by atoms with Gasteiger partial charge in [-0.15, -0.1) is 0 Å². The fourth-order valence-electron chi connectivity index (χ4n) is 2.59. The molecule has 1 saturated heterocycles. The molecule has 4 heteroatoms. The second-order valence-corrected chi connectivity index (χ2v) is 5.27. The summed E-state index contributed by atoms with van der Waals surface area (Å²) >= 11 is 0. The molecule has 0 bridgehead atoms. The van der Waals surface area contributed by atoms with Crippen molar-refractivity contribution in [3.8, 4) is 0 Å². The van der Waals surface area contributed by atoms with Gasteiger partial charge in [0.2, 0.25) is 0 Å². The number of carboxylic acid groups (broad SMARTS) is 1. The van der Waals surface area contributed by atoms with Gasteiger partial charge in [0.15, 0.2) is 0 Å². The van der Waals surface area contributed by atoms with Crippen molar-refractivity contribution in [2.45, 2.75) is 39.3 Å². The zero-order chi connectivity index (χ0) is 13.1. The average molecular weight is 248 g/mol. The SMILES string of the molecule is CC1CCN(Cc2cccc(C(=O)O)n2)C(C)C1. The normalized spacial score (nSPS) is 25.0. The summed E-state index contributed by atoms with van der Waals surface area (Å²) in [5.74, 6) is -0.174. The quantitative estimate of drug-likeness (QED) is 0.892. The van der Waals surface area contributed by atoms with Crippen LogP contribution in [0, 0.1) is 5.92 Å². The van der Waals surface area contributed by atoms with Crippen LogP contribution in [0.4, 0.5) is 0 Å². The van der Waals surface area contributed by atoms with Crippen LogP contribution in [-0.4, -0.2) is 33.5 Å². The topological polar surface area (TPSA) is 53.4 Å². The van der Waals surface area contributed by atoms with E-state index in [0.29, 0.717) is 6.04 Å². The van der Waals surface area contributed by atoms with Gasteiger partial charge >= 0.3 is 5.97 Å². The van der Waals surface area contributed by atoms with Crippen LogP contribution >= 0.6 is 0 Å². The summed E-state index contributed by atoms with van der Waals surface area (Å²) in [6, 6.07) is 5.75. The van der Waals surface area contributed by atoms with Crippen molar-refractivity contribution in [3.63, 3.8) is 0 Å². The van der Waals surface area contributed by atoms with Crippen molar-refractivity contribution in [1.82, 2.24) is 9.88 Å². The van der Waals surface area contributed by atoms with E-state index in [4.69, 9.17) is 5.11 Å². The van der Waals surface area contributed by atoms with Crippen LogP contribution in [0.25, 0.3) is 0 Å². The number of hydrogen-bond donors (Lipinski definition) is 1. The molecule has 0 saturated carbocycles. The van der Waals surface area contributed by atoms with E-state index >= 15 is 0 Å². The third kappa shape index (κ3) is 3.07. The van der Waals surface area contributed by atoms with E-state index in [-0.39, 0.29) is 5.69 Å². The summed E-state index contributed by atoms with van der Waals surface area (Å²) in [5.41, 5.74) is 0.974. The number of piperidine rings is 1. The Kier molecular flexibility index (Phi) is 3.97. The number of aromatic nitrogens is 1. The maximum absolute atomic E-state index is 10.9. The molecule has 0 amide bonds. The zero-order valence-corrected chi connectivity index (χ0v) is 11.0. The second kappa shape index (κ2) is 5.48. The van der Waals surface area contributed by atoms with Crippen LogP contribution < -0.4 is 0 Å². The standard InChI is InChI=1S/C14H20N2O2/c1-10-6-7-16(11(2)8-10)9-12-4-3-5-13(15-12)14(17)18/h3-5,10-11H,6-9H2,1-2H3,(H,17,18). The molecule has 2 rings (SSSR count). The molecule has 4 nitrogen and oxygen atoms in total. The number of pyridine rings is 1. The Morgan fingerprint density at radius 1 is 1.50 bits per heavy atom. The minimum atomic E-state index is -0.961. The molecular formula is C14H20N2O2. The molecule has 1 aliphatic rings. The highest BCUT2D eigenvalue weighted by Crippen LogP contribution is 2.23. The first kappa shape index (κ1) is 13.0. The van der Waals surface area contributed by atoms with Crippen LogP contribution in [-0.2, 0) is 6.54 Å². The van der Waals surface area contributed by atoms with Gasteiger partial charge in [-0.3, -0.25) is 4.90 Å². The molecular weight excluding hydrogens is 228 g/mol. The van der Waals surface area contributed by atoms with Crippen molar-refractivity contribution >= 4 is 5.97 Å². The monoisotopic (exact) mass is 248 g/mol. The van der Waals surface area contributed by atoms with Crippen LogP contribution in [0.5, 0.6) is 0 Å². The Balaban J connectivity index is 2.05. The Hall–Kier alpha value is -1.42. The molecule has 0 radical (unpaired) electrons. The molecule has 18 heavy (non-hydrogen) atoms. The van der Waals surface area contributed by atoms with Crippen molar-refractivity contribution in [1.29, 1.82) is 0 Å². The Labute approximate surface area is 108 Å². The van der Waals surface area contributed by atoms with Gasteiger partial charge in [-0.1, -0.05) is 13.0 Å². The molecule has 2 unspecified atom stereocenters. The summed E-state index contributed by atoms with van der Waals surface area (Å²) in [4.78, 5) is 17.4. The number of aromatic carboxylic acids is 1. The first-order valence-electron chi connectivity index (χ1n) is 6.49. The van der Waals surface area contributed by atoms with Gasteiger partial charge in [0.05, 0.1) is 5.69 Å². The third-order valence-electron chi connectivity index (χ3n) is 3.67. The Morgan fingerprint density at radius 3 is 2.94 bits per heavy atom. The van der Waals surface area contributed by atoms with E-state index in [0.717, 1.165) is 24.7 Å². The van der Waals surface area contributed by atoms with Crippen LogP contribution in [0.1, 0.15) is 42.9 Å². The molecule has 1 aliphatic heterocycles. The fourth-order valence-corrected chi connectivity index (χ4v) is 2.59. The highest BCUT2D eigenvalue weighted by Gasteiger charge is 2.23. The maximum Gasteiger partial charge on any atom is 0.354 e. The van der Waals surface area contributed by atoms with Crippen molar-refractivity contribution in [2.24, 2.45) is 5.92 Å². The molecule has 1 aromatic rings. The van der Waals surface area contributed by atoms with E-state index in [1.807, 2.05) is 6.07 Å². The van der Waals surface area contributed by atoms with E-state index in [9.17, 15) is 4.79 Å². The van der Waals surface area contributed by atoms with Crippen LogP contribution in [0.2, 0.25) is 0 Å². The number of carbonyl (C=O) groups is 1. The maximum atomic E-state index is 10.9. The van der Waals surface area contributed by atoms with Crippen molar-refractivity contribution in [2.75, 3.05) is 6.54 Å². The summed E-state index contributed by atoms with van der Waals surface area (Å²) < 4.78 is 0. The fraction of sp³-hybridized carbons (Fsp3) is 0.571. The van der Waals surface area contributed by atoms with Crippen LogP contribution in [0.3, 0.4) is 0 Å². The number of rotatable bonds is 3. The third-order valence-corrected chi connectivity index (χ3v) is 3.67.